The van der Waals surface area contributed by atoms with Crippen molar-refractivity contribution in [1.82, 2.24) is 0 Å². The molecule has 9 aliphatic rings. The minimum Gasteiger partial charge on any atom is -0.462 e. The van der Waals surface area contributed by atoms with E-state index in [1.807, 2.05) is 0 Å². The van der Waals surface area contributed by atoms with E-state index in [1.54, 1.807) is 13.8 Å². The van der Waals surface area contributed by atoms with Crippen molar-refractivity contribution in [3.8, 4) is 0 Å². The van der Waals surface area contributed by atoms with Crippen molar-refractivity contribution < 1.29 is 114 Å². The van der Waals surface area contributed by atoms with Crippen LogP contribution in [0.3, 0.4) is 0 Å². The standard InChI is InChI=1S/C54H90O23/c1-22(10-11-32(50(6,7)68)76-45-40(65)35(60)25(57)19-69-45)33-28(72-24(3)56)17-52(9)30-16-27(73-47-42(67)39(64)37(62)29(18-55)74-47)44-49(4,5)31(12-13-54(44)21-53(30,54)15-14-51(33,52)8)75-48-43(36(61)26(58)20-70-48)77-46-41(66)38(63)34(59)23(2)71-46/h22-23,25-48,55,57-68H,10-21H2,1-9H3. The number of hydrogen-bond donors (Lipinski definition) is 13. The first-order valence-corrected chi connectivity index (χ1v) is 28.0. The lowest BCUT2D eigenvalue weighted by molar-refractivity contribution is -0.366. The summed E-state index contributed by atoms with van der Waals surface area (Å²) in [6.45, 7) is 15.6. The van der Waals surface area contributed by atoms with Gasteiger partial charge in [-0.1, -0.05) is 34.6 Å². The SMILES string of the molecule is CC(=O)OC1CC2(C)C3CC(OC4OC(CO)C(O)C(O)C4O)C4C(C)(C)C(OC5OCC(O)C(O)C5OC5OC(C)C(O)C(O)C5O)CCC45CC35CCC2(C)C1C(C)CCC(OC1OCC(O)C(O)C1O)C(C)(C)O. The molecule has 0 bridgehead atoms. The Bertz CT molecular complexity index is 2060. The van der Waals surface area contributed by atoms with Crippen molar-refractivity contribution in [1.29, 1.82) is 0 Å². The van der Waals surface area contributed by atoms with Crippen LogP contribution in [0.1, 0.15) is 120 Å². The third-order valence-electron chi connectivity index (χ3n) is 21.4. The Morgan fingerprint density at radius 3 is 1.92 bits per heavy atom. The van der Waals surface area contributed by atoms with Gasteiger partial charge in [0.05, 0.1) is 49.8 Å². The number of ether oxygens (including phenoxy) is 9. The molecule has 5 aliphatic carbocycles. The molecule has 4 saturated heterocycles. The van der Waals surface area contributed by atoms with Gasteiger partial charge in [-0.2, -0.15) is 0 Å². The molecule has 9 rings (SSSR count). The number of rotatable bonds is 15. The van der Waals surface area contributed by atoms with Gasteiger partial charge >= 0.3 is 5.97 Å². The average Bonchev–Trinajstić information content (AvgIpc) is 3.75. The van der Waals surface area contributed by atoms with Crippen LogP contribution in [0.2, 0.25) is 0 Å². The molecule has 30 unspecified atom stereocenters. The van der Waals surface area contributed by atoms with E-state index in [4.69, 9.17) is 42.6 Å². The number of aliphatic hydroxyl groups is 13. The van der Waals surface area contributed by atoms with E-state index in [1.165, 1.54) is 13.8 Å². The molecule has 0 aromatic rings. The largest absolute Gasteiger partial charge is 0.462 e. The highest BCUT2D eigenvalue weighted by molar-refractivity contribution is 5.66. The van der Waals surface area contributed by atoms with E-state index in [2.05, 4.69) is 34.6 Å². The summed E-state index contributed by atoms with van der Waals surface area (Å²) in [5.41, 5.74) is -3.80. The molecule has 2 spiro atoms. The Morgan fingerprint density at radius 1 is 0.675 bits per heavy atom. The summed E-state index contributed by atoms with van der Waals surface area (Å²) in [5.74, 6) is -1.11. The molecule has 4 heterocycles. The van der Waals surface area contributed by atoms with Crippen LogP contribution in [0.4, 0.5) is 0 Å². The van der Waals surface area contributed by atoms with Gasteiger partial charge in [0.1, 0.15) is 85.5 Å². The zero-order chi connectivity index (χ0) is 56.4. The molecule has 23 nitrogen and oxygen atoms in total. The smallest absolute Gasteiger partial charge is 0.302 e. The lowest BCUT2D eigenvalue weighted by Gasteiger charge is -2.65. The molecule has 77 heavy (non-hydrogen) atoms. The lowest BCUT2D eigenvalue weighted by Crippen LogP contribution is -2.65. The monoisotopic (exact) mass is 1110 g/mol. The second-order valence-corrected chi connectivity index (χ2v) is 26.4. The second kappa shape index (κ2) is 21.7. The number of carbonyl (C=O) groups excluding carboxylic acids is 1. The Labute approximate surface area is 450 Å². The molecule has 23 heteroatoms. The van der Waals surface area contributed by atoms with Crippen molar-refractivity contribution in [2.24, 2.45) is 50.7 Å². The zero-order valence-corrected chi connectivity index (χ0v) is 45.9. The van der Waals surface area contributed by atoms with Gasteiger partial charge in [0.2, 0.25) is 0 Å². The van der Waals surface area contributed by atoms with Crippen LogP contribution < -0.4 is 0 Å². The predicted molar refractivity (Wildman–Crippen MR) is 263 cm³/mol. The van der Waals surface area contributed by atoms with Crippen LogP contribution >= 0.6 is 0 Å². The molecule has 5 saturated carbocycles. The van der Waals surface area contributed by atoms with Crippen molar-refractivity contribution in [2.75, 3.05) is 19.8 Å². The van der Waals surface area contributed by atoms with Crippen LogP contribution in [0.25, 0.3) is 0 Å². The molecule has 13 N–H and O–H groups in total. The van der Waals surface area contributed by atoms with Gasteiger partial charge < -0.3 is 109 Å². The molecule has 9 fully saturated rings. The number of carbonyl (C=O) groups is 1. The Kier molecular flexibility index (Phi) is 17.0. The minimum atomic E-state index is -1.72. The maximum absolute atomic E-state index is 13.1. The molecule has 0 aromatic heterocycles. The topological polar surface area (TPSA) is 363 Å². The van der Waals surface area contributed by atoms with Crippen LogP contribution in [0, 0.1) is 50.7 Å². The summed E-state index contributed by atoms with van der Waals surface area (Å²) >= 11 is 0. The average molecular weight is 1110 g/mol. The quantitative estimate of drug-likeness (QED) is 0.0652. The number of esters is 1. The minimum absolute atomic E-state index is 0.0585. The first-order chi connectivity index (χ1) is 35.9. The number of fused-ring (bicyclic) bond motifs is 2. The Balaban J connectivity index is 1.02. The normalized spacial score (nSPS) is 53.3. The summed E-state index contributed by atoms with van der Waals surface area (Å²) in [5, 5.41) is 140. The third kappa shape index (κ3) is 10.1. The first kappa shape index (κ1) is 60.2. The number of hydrogen-bond acceptors (Lipinski definition) is 23. The second-order valence-electron chi connectivity index (χ2n) is 26.4. The van der Waals surface area contributed by atoms with Gasteiger partial charge in [0.15, 0.2) is 25.2 Å². The van der Waals surface area contributed by atoms with Crippen LogP contribution in [-0.2, 0) is 47.4 Å². The summed E-state index contributed by atoms with van der Waals surface area (Å²) in [6.07, 6.45) is -23.9. The van der Waals surface area contributed by atoms with Gasteiger partial charge in [0.25, 0.3) is 0 Å². The highest BCUT2D eigenvalue weighted by atomic mass is 16.8. The van der Waals surface area contributed by atoms with Crippen LogP contribution in [0.5, 0.6) is 0 Å². The molecule has 444 valence electrons. The molecule has 0 aromatic carbocycles. The highest BCUT2D eigenvalue weighted by Crippen LogP contribution is 2.89. The first-order valence-electron chi connectivity index (χ1n) is 28.0. The molecule has 0 amide bonds. The predicted octanol–water partition coefficient (Wildman–Crippen LogP) is -1.55. The maximum Gasteiger partial charge on any atom is 0.302 e. The van der Waals surface area contributed by atoms with Crippen LogP contribution in [-0.4, -0.2) is 233 Å². The van der Waals surface area contributed by atoms with Crippen molar-refractivity contribution in [2.45, 2.75) is 261 Å². The van der Waals surface area contributed by atoms with Gasteiger partial charge in [-0.25, -0.2) is 0 Å². The maximum atomic E-state index is 13.1. The number of aliphatic hydroxyl groups excluding tert-OH is 12. The van der Waals surface area contributed by atoms with E-state index in [0.29, 0.717) is 38.5 Å². The summed E-state index contributed by atoms with van der Waals surface area (Å²) in [4.78, 5) is 13.1. The van der Waals surface area contributed by atoms with E-state index in [0.717, 1.165) is 19.3 Å². The van der Waals surface area contributed by atoms with E-state index < -0.39 is 169 Å². The van der Waals surface area contributed by atoms with E-state index in [9.17, 15) is 71.2 Å². The van der Waals surface area contributed by atoms with Gasteiger partial charge in [-0.3, -0.25) is 4.79 Å². The van der Waals surface area contributed by atoms with Crippen molar-refractivity contribution >= 4 is 5.97 Å². The molecule has 4 aliphatic heterocycles. The zero-order valence-electron chi connectivity index (χ0n) is 45.9. The van der Waals surface area contributed by atoms with Gasteiger partial charge in [-0.05, 0) is 123 Å². The fourth-order valence-electron chi connectivity index (χ4n) is 17.2. The summed E-state index contributed by atoms with van der Waals surface area (Å²) in [6, 6.07) is 0. The van der Waals surface area contributed by atoms with Crippen LogP contribution in [0.15, 0.2) is 0 Å². The summed E-state index contributed by atoms with van der Waals surface area (Å²) < 4.78 is 56.0. The molecule has 30 atom stereocenters. The van der Waals surface area contributed by atoms with Gasteiger partial charge in [-0.15, -0.1) is 0 Å². The van der Waals surface area contributed by atoms with Gasteiger partial charge in [0, 0.05) is 12.8 Å². The third-order valence-corrected chi connectivity index (χ3v) is 21.4. The highest BCUT2D eigenvalue weighted by Gasteiger charge is 2.85. The summed E-state index contributed by atoms with van der Waals surface area (Å²) in [7, 11) is 0. The lowest BCUT2D eigenvalue weighted by atomic mass is 9.41. The molecular weight excluding hydrogens is 1020 g/mol. The fraction of sp³-hybridized carbons (Fsp3) is 0.981. The Morgan fingerprint density at radius 2 is 1.29 bits per heavy atom. The van der Waals surface area contributed by atoms with Crippen molar-refractivity contribution in [3.05, 3.63) is 0 Å². The van der Waals surface area contributed by atoms with Crippen molar-refractivity contribution in [3.63, 3.8) is 0 Å². The fourth-order valence-corrected chi connectivity index (χ4v) is 17.2. The Hall–Kier alpha value is -1.37. The molecular formula is C54H90O23. The van der Waals surface area contributed by atoms with E-state index in [-0.39, 0.29) is 47.7 Å². The van der Waals surface area contributed by atoms with E-state index >= 15 is 0 Å². The molecule has 0 radical (unpaired) electrons.